The Hall–Kier alpha value is -0.830. The molecule has 0 spiro atoms. The lowest BCUT2D eigenvalue weighted by molar-refractivity contribution is -0.142. The highest BCUT2D eigenvalue weighted by atomic mass is 16.4. The number of allylic oxidation sites excluding steroid dienone is 1. The van der Waals surface area contributed by atoms with Crippen LogP contribution < -0.4 is 5.73 Å². The van der Waals surface area contributed by atoms with Crippen molar-refractivity contribution in [1.29, 1.82) is 0 Å². The molecule has 0 amide bonds. The van der Waals surface area contributed by atoms with Crippen LogP contribution in [0.25, 0.3) is 0 Å². The molecule has 0 aliphatic carbocycles. The van der Waals surface area contributed by atoms with E-state index in [0.29, 0.717) is 19.4 Å². The number of carbonyl (C=O) groups is 1. The number of rotatable bonds is 7. The van der Waals surface area contributed by atoms with Crippen LogP contribution in [0.4, 0.5) is 0 Å². The standard InChI is InChI=1S/C9H17NO2/c1-2-3-4-5-8(6-7-10)9(11)12/h2,8H,1,3-7,10H2,(H,11,12). The number of unbranched alkanes of at least 4 members (excludes halogenated alkanes) is 1. The van der Waals surface area contributed by atoms with E-state index in [2.05, 4.69) is 6.58 Å². The van der Waals surface area contributed by atoms with Gasteiger partial charge in [-0.15, -0.1) is 6.58 Å². The first kappa shape index (κ1) is 11.2. The van der Waals surface area contributed by atoms with Crippen molar-refractivity contribution >= 4 is 5.97 Å². The molecule has 0 aromatic rings. The van der Waals surface area contributed by atoms with Gasteiger partial charge in [0.15, 0.2) is 0 Å². The van der Waals surface area contributed by atoms with E-state index in [-0.39, 0.29) is 5.92 Å². The van der Waals surface area contributed by atoms with Crippen molar-refractivity contribution in [3.8, 4) is 0 Å². The molecule has 3 N–H and O–H groups in total. The summed E-state index contributed by atoms with van der Waals surface area (Å²) in [5, 5.41) is 8.72. The first-order valence-electron chi connectivity index (χ1n) is 4.26. The summed E-state index contributed by atoms with van der Waals surface area (Å²) in [7, 11) is 0. The normalized spacial score (nSPS) is 12.4. The quantitative estimate of drug-likeness (QED) is 0.449. The molecular formula is C9H17NO2. The first-order valence-corrected chi connectivity index (χ1v) is 4.26. The van der Waals surface area contributed by atoms with Crippen LogP contribution in [0.15, 0.2) is 12.7 Å². The maximum atomic E-state index is 10.6. The highest BCUT2D eigenvalue weighted by molar-refractivity contribution is 5.69. The average molecular weight is 171 g/mol. The van der Waals surface area contributed by atoms with Crippen LogP contribution in [0, 0.1) is 5.92 Å². The van der Waals surface area contributed by atoms with Gasteiger partial charge in [-0.3, -0.25) is 4.79 Å². The first-order chi connectivity index (χ1) is 5.72. The zero-order valence-corrected chi connectivity index (χ0v) is 7.33. The molecule has 0 rings (SSSR count). The Morgan fingerprint density at radius 1 is 1.58 bits per heavy atom. The fraction of sp³-hybridized carbons (Fsp3) is 0.667. The minimum Gasteiger partial charge on any atom is -0.481 e. The van der Waals surface area contributed by atoms with Crippen molar-refractivity contribution in [2.75, 3.05) is 6.54 Å². The molecule has 1 atom stereocenters. The third-order valence-corrected chi connectivity index (χ3v) is 1.83. The minimum atomic E-state index is -0.732. The summed E-state index contributed by atoms with van der Waals surface area (Å²) in [6.45, 7) is 4.03. The molecule has 70 valence electrons. The maximum Gasteiger partial charge on any atom is 0.306 e. The summed E-state index contributed by atoms with van der Waals surface area (Å²) in [5.74, 6) is -1.00. The van der Waals surface area contributed by atoms with Crippen LogP contribution >= 0.6 is 0 Å². The van der Waals surface area contributed by atoms with Crippen molar-refractivity contribution < 1.29 is 9.90 Å². The molecule has 0 aliphatic heterocycles. The van der Waals surface area contributed by atoms with Gasteiger partial charge < -0.3 is 10.8 Å². The highest BCUT2D eigenvalue weighted by Crippen LogP contribution is 2.12. The van der Waals surface area contributed by atoms with E-state index in [1.165, 1.54) is 0 Å². The highest BCUT2D eigenvalue weighted by Gasteiger charge is 2.14. The smallest absolute Gasteiger partial charge is 0.306 e. The van der Waals surface area contributed by atoms with Crippen LogP contribution in [-0.2, 0) is 4.79 Å². The molecular weight excluding hydrogens is 154 g/mol. The predicted molar refractivity (Wildman–Crippen MR) is 48.8 cm³/mol. The number of hydrogen-bond acceptors (Lipinski definition) is 2. The van der Waals surface area contributed by atoms with E-state index in [1.807, 2.05) is 0 Å². The molecule has 1 unspecified atom stereocenters. The Balaban J connectivity index is 3.63. The molecule has 0 radical (unpaired) electrons. The zero-order chi connectivity index (χ0) is 9.40. The fourth-order valence-corrected chi connectivity index (χ4v) is 1.10. The molecule has 0 bridgehead atoms. The Morgan fingerprint density at radius 3 is 2.67 bits per heavy atom. The molecule has 0 aromatic carbocycles. The van der Waals surface area contributed by atoms with Gasteiger partial charge in [0.05, 0.1) is 5.92 Å². The fourth-order valence-electron chi connectivity index (χ4n) is 1.10. The Kier molecular flexibility index (Phi) is 6.38. The number of nitrogens with two attached hydrogens (primary N) is 1. The molecule has 0 heterocycles. The van der Waals surface area contributed by atoms with E-state index in [1.54, 1.807) is 6.08 Å². The van der Waals surface area contributed by atoms with Gasteiger partial charge >= 0.3 is 5.97 Å². The number of carboxylic acid groups (broad SMARTS) is 1. The third kappa shape index (κ3) is 4.91. The molecule has 0 saturated heterocycles. The minimum absolute atomic E-state index is 0.269. The van der Waals surface area contributed by atoms with Gasteiger partial charge in [-0.25, -0.2) is 0 Å². The second kappa shape index (κ2) is 6.85. The topological polar surface area (TPSA) is 63.3 Å². The summed E-state index contributed by atoms with van der Waals surface area (Å²) in [4.78, 5) is 10.6. The van der Waals surface area contributed by atoms with Gasteiger partial charge in [0.25, 0.3) is 0 Å². The Morgan fingerprint density at radius 2 is 2.25 bits per heavy atom. The van der Waals surface area contributed by atoms with E-state index in [4.69, 9.17) is 10.8 Å². The zero-order valence-electron chi connectivity index (χ0n) is 7.33. The second-order valence-corrected chi connectivity index (χ2v) is 2.83. The van der Waals surface area contributed by atoms with Gasteiger partial charge in [-0.05, 0) is 32.2 Å². The van der Waals surface area contributed by atoms with Gasteiger partial charge in [-0.2, -0.15) is 0 Å². The number of aliphatic carboxylic acids is 1. The lowest BCUT2D eigenvalue weighted by atomic mass is 9.99. The van der Waals surface area contributed by atoms with Gasteiger partial charge in [0.1, 0.15) is 0 Å². The number of carboxylic acids is 1. The van der Waals surface area contributed by atoms with Crippen molar-refractivity contribution in [2.24, 2.45) is 11.7 Å². The molecule has 0 aliphatic rings. The molecule has 0 aromatic heterocycles. The van der Waals surface area contributed by atoms with Crippen LogP contribution in [0.2, 0.25) is 0 Å². The van der Waals surface area contributed by atoms with E-state index in [9.17, 15) is 4.79 Å². The van der Waals surface area contributed by atoms with Crippen molar-refractivity contribution in [3.05, 3.63) is 12.7 Å². The predicted octanol–water partition coefficient (Wildman–Crippen LogP) is 1.39. The third-order valence-electron chi connectivity index (χ3n) is 1.83. The lowest BCUT2D eigenvalue weighted by Crippen LogP contribution is -2.17. The SMILES string of the molecule is C=CCCCC(CCN)C(=O)O. The number of hydrogen-bond donors (Lipinski definition) is 2. The van der Waals surface area contributed by atoms with Crippen LogP contribution in [0.3, 0.4) is 0 Å². The van der Waals surface area contributed by atoms with Gasteiger partial charge in [0.2, 0.25) is 0 Å². The molecule has 3 heteroatoms. The lowest BCUT2D eigenvalue weighted by Gasteiger charge is -2.09. The van der Waals surface area contributed by atoms with Crippen LogP contribution in [0.5, 0.6) is 0 Å². The second-order valence-electron chi connectivity index (χ2n) is 2.83. The van der Waals surface area contributed by atoms with E-state index < -0.39 is 5.97 Å². The molecule has 0 fully saturated rings. The van der Waals surface area contributed by atoms with Crippen molar-refractivity contribution in [1.82, 2.24) is 0 Å². The Bertz CT molecular complexity index is 145. The van der Waals surface area contributed by atoms with Crippen LogP contribution in [0.1, 0.15) is 25.7 Å². The largest absolute Gasteiger partial charge is 0.481 e. The van der Waals surface area contributed by atoms with E-state index in [0.717, 1.165) is 12.8 Å². The van der Waals surface area contributed by atoms with Crippen molar-refractivity contribution in [3.63, 3.8) is 0 Å². The Labute approximate surface area is 73.3 Å². The summed E-state index contributed by atoms with van der Waals surface area (Å²) >= 11 is 0. The van der Waals surface area contributed by atoms with Gasteiger partial charge in [0, 0.05) is 0 Å². The molecule has 12 heavy (non-hydrogen) atoms. The summed E-state index contributed by atoms with van der Waals surface area (Å²) in [6, 6.07) is 0. The summed E-state index contributed by atoms with van der Waals surface area (Å²) in [6.07, 6.45) is 4.86. The molecule has 3 nitrogen and oxygen atoms in total. The average Bonchev–Trinajstić information content (AvgIpc) is 2.03. The van der Waals surface area contributed by atoms with Gasteiger partial charge in [-0.1, -0.05) is 6.08 Å². The van der Waals surface area contributed by atoms with Crippen LogP contribution in [-0.4, -0.2) is 17.6 Å². The monoisotopic (exact) mass is 171 g/mol. The van der Waals surface area contributed by atoms with E-state index >= 15 is 0 Å². The summed E-state index contributed by atoms with van der Waals surface area (Å²) < 4.78 is 0. The van der Waals surface area contributed by atoms with Crippen molar-refractivity contribution in [2.45, 2.75) is 25.7 Å². The maximum absolute atomic E-state index is 10.6. The summed E-state index contributed by atoms with van der Waals surface area (Å²) in [5.41, 5.74) is 5.29. The molecule has 0 saturated carbocycles.